The lowest BCUT2D eigenvalue weighted by Gasteiger charge is -2.25. The molecule has 1 fully saturated rings. The SMILES string of the molecule is CC(O)(C(=O)Nc1ccc(S(=O)(=O)c2ccc(C(=O)N3CCSC3)cc2)cc1Cl)C(F)(F)F. The van der Waals surface area contributed by atoms with Crippen LogP contribution >= 0.6 is 23.4 Å². The van der Waals surface area contributed by atoms with Crippen molar-refractivity contribution in [2.45, 2.75) is 28.5 Å². The molecule has 1 unspecified atom stereocenters. The van der Waals surface area contributed by atoms with E-state index in [4.69, 9.17) is 11.6 Å². The Morgan fingerprint density at radius 1 is 1.12 bits per heavy atom. The highest BCUT2D eigenvalue weighted by Gasteiger charge is 2.55. The number of alkyl halides is 3. The normalized spacial score (nSPS) is 16.4. The predicted octanol–water partition coefficient (Wildman–Crippen LogP) is 3.57. The van der Waals surface area contributed by atoms with Gasteiger partial charge in [-0.3, -0.25) is 9.59 Å². The van der Waals surface area contributed by atoms with E-state index in [0.29, 0.717) is 18.0 Å². The van der Waals surface area contributed by atoms with Crippen LogP contribution in [0, 0.1) is 0 Å². The molecule has 0 aromatic heterocycles. The van der Waals surface area contributed by atoms with Crippen LogP contribution in [0.25, 0.3) is 0 Å². The number of carbonyl (C=O) groups is 2. The van der Waals surface area contributed by atoms with E-state index in [-0.39, 0.29) is 33.3 Å². The van der Waals surface area contributed by atoms with Crippen molar-refractivity contribution < 1.29 is 36.3 Å². The van der Waals surface area contributed by atoms with Gasteiger partial charge in [0.05, 0.1) is 26.4 Å². The summed E-state index contributed by atoms with van der Waals surface area (Å²) in [5, 5.41) is 10.9. The second kappa shape index (κ2) is 9.16. The van der Waals surface area contributed by atoms with Gasteiger partial charge in [-0.25, -0.2) is 8.42 Å². The van der Waals surface area contributed by atoms with Crippen molar-refractivity contribution in [1.29, 1.82) is 0 Å². The van der Waals surface area contributed by atoms with Gasteiger partial charge in [0.1, 0.15) is 0 Å². The standard InChI is InChI=1S/C20H18ClF3N2O5S2/c1-19(29,20(22,23)24)18(28)25-16-7-6-14(10-15(16)21)33(30,31)13-4-2-12(3-5-13)17(27)26-8-9-32-11-26/h2-7,10,29H,8-9,11H2,1H3,(H,25,28). The molecule has 178 valence electrons. The molecule has 1 atom stereocenters. The summed E-state index contributed by atoms with van der Waals surface area (Å²) in [6.45, 7) is 0.898. The van der Waals surface area contributed by atoms with Crippen molar-refractivity contribution in [1.82, 2.24) is 4.90 Å². The van der Waals surface area contributed by atoms with Gasteiger partial charge < -0.3 is 15.3 Å². The van der Waals surface area contributed by atoms with E-state index >= 15 is 0 Å². The molecule has 1 saturated heterocycles. The van der Waals surface area contributed by atoms with Gasteiger partial charge in [0.25, 0.3) is 11.8 Å². The lowest BCUT2D eigenvalue weighted by atomic mass is 10.1. The topological polar surface area (TPSA) is 104 Å². The molecule has 0 saturated carbocycles. The predicted molar refractivity (Wildman–Crippen MR) is 117 cm³/mol. The molecule has 1 heterocycles. The fourth-order valence-corrected chi connectivity index (χ4v) is 5.33. The molecular formula is C20H18ClF3N2O5S2. The average molecular weight is 523 g/mol. The van der Waals surface area contributed by atoms with Crippen LogP contribution in [-0.2, 0) is 14.6 Å². The van der Waals surface area contributed by atoms with E-state index in [1.54, 1.807) is 16.7 Å². The fraction of sp³-hybridized carbons (Fsp3) is 0.300. The van der Waals surface area contributed by atoms with Crippen molar-refractivity contribution in [3.05, 3.63) is 53.1 Å². The van der Waals surface area contributed by atoms with Gasteiger partial charge in [-0.15, -0.1) is 11.8 Å². The number of carbonyl (C=O) groups excluding carboxylic acids is 2. The summed E-state index contributed by atoms with van der Waals surface area (Å²) in [7, 11) is -4.08. The summed E-state index contributed by atoms with van der Waals surface area (Å²) in [5.74, 6) is -0.576. The highest BCUT2D eigenvalue weighted by Crippen LogP contribution is 2.33. The summed E-state index contributed by atoms with van der Waals surface area (Å²) in [6, 6.07) is 8.38. The molecule has 2 amide bonds. The van der Waals surface area contributed by atoms with Crippen LogP contribution in [0.5, 0.6) is 0 Å². The first-order valence-corrected chi connectivity index (χ1v) is 12.4. The number of hydrogen-bond donors (Lipinski definition) is 2. The Bertz CT molecular complexity index is 1180. The number of hydrogen-bond acceptors (Lipinski definition) is 6. The van der Waals surface area contributed by atoms with Crippen molar-refractivity contribution in [2.75, 3.05) is 23.5 Å². The molecule has 1 aliphatic heterocycles. The van der Waals surface area contributed by atoms with Crippen molar-refractivity contribution >= 4 is 50.7 Å². The summed E-state index contributed by atoms with van der Waals surface area (Å²) < 4.78 is 64.3. The summed E-state index contributed by atoms with van der Waals surface area (Å²) in [6.07, 6.45) is -5.23. The molecule has 7 nitrogen and oxygen atoms in total. The highest BCUT2D eigenvalue weighted by atomic mass is 35.5. The second-order valence-electron chi connectivity index (χ2n) is 7.30. The number of thioether (sulfide) groups is 1. The Hall–Kier alpha value is -2.28. The molecule has 0 aliphatic carbocycles. The summed E-state index contributed by atoms with van der Waals surface area (Å²) in [5.41, 5.74) is -3.65. The molecule has 2 aromatic carbocycles. The Kier molecular flexibility index (Phi) is 7.04. The largest absolute Gasteiger partial charge is 0.426 e. The smallest absolute Gasteiger partial charge is 0.373 e. The first-order chi connectivity index (χ1) is 15.2. The van der Waals surface area contributed by atoms with Gasteiger partial charge in [-0.05, 0) is 49.4 Å². The monoisotopic (exact) mass is 522 g/mol. The van der Waals surface area contributed by atoms with E-state index in [0.717, 1.165) is 24.0 Å². The number of rotatable bonds is 5. The zero-order chi connectivity index (χ0) is 24.6. The van der Waals surface area contributed by atoms with E-state index in [1.807, 2.05) is 5.32 Å². The van der Waals surface area contributed by atoms with E-state index < -0.39 is 27.5 Å². The van der Waals surface area contributed by atoms with E-state index in [9.17, 15) is 36.3 Å². The number of amides is 2. The van der Waals surface area contributed by atoms with Gasteiger partial charge in [0, 0.05) is 17.9 Å². The van der Waals surface area contributed by atoms with Crippen molar-refractivity contribution in [2.24, 2.45) is 0 Å². The van der Waals surface area contributed by atoms with Crippen molar-refractivity contribution in [3.63, 3.8) is 0 Å². The molecule has 1 aliphatic rings. The lowest BCUT2D eigenvalue weighted by molar-refractivity contribution is -0.242. The molecule has 2 N–H and O–H groups in total. The minimum absolute atomic E-state index is 0.122. The Labute approximate surface area is 196 Å². The first kappa shape index (κ1) is 25.3. The van der Waals surface area contributed by atoms with Crippen LogP contribution in [0.4, 0.5) is 18.9 Å². The second-order valence-corrected chi connectivity index (χ2v) is 10.7. The number of aliphatic hydroxyl groups is 1. The summed E-state index contributed by atoms with van der Waals surface area (Å²) >= 11 is 7.60. The van der Waals surface area contributed by atoms with E-state index in [2.05, 4.69) is 0 Å². The quantitative estimate of drug-likeness (QED) is 0.622. The van der Waals surface area contributed by atoms with Crippen LogP contribution in [0.15, 0.2) is 52.3 Å². The van der Waals surface area contributed by atoms with Gasteiger partial charge in [0.2, 0.25) is 15.4 Å². The zero-order valence-electron chi connectivity index (χ0n) is 17.0. The van der Waals surface area contributed by atoms with Gasteiger partial charge in [-0.1, -0.05) is 11.6 Å². The van der Waals surface area contributed by atoms with Crippen LogP contribution < -0.4 is 5.32 Å². The Morgan fingerprint density at radius 3 is 2.24 bits per heavy atom. The number of nitrogens with one attached hydrogen (secondary N) is 1. The van der Waals surface area contributed by atoms with Gasteiger partial charge >= 0.3 is 6.18 Å². The van der Waals surface area contributed by atoms with E-state index in [1.165, 1.54) is 24.3 Å². The molecule has 0 spiro atoms. The van der Waals surface area contributed by atoms with Crippen LogP contribution in [0.3, 0.4) is 0 Å². The Morgan fingerprint density at radius 2 is 1.73 bits per heavy atom. The molecule has 0 radical (unpaired) electrons. The molecular weight excluding hydrogens is 505 g/mol. The van der Waals surface area contributed by atoms with Crippen LogP contribution in [0.1, 0.15) is 17.3 Å². The minimum Gasteiger partial charge on any atom is -0.373 e. The highest BCUT2D eigenvalue weighted by molar-refractivity contribution is 7.99. The maximum absolute atomic E-state index is 12.9. The average Bonchev–Trinajstić information content (AvgIpc) is 3.28. The molecule has 2 aromatic rings. The fourth-order valence-electron chi connectivity index (χ4n) is 2.81. The van der Waals surface area contributed by atoms with Crippen LogP contribution in [-0.4, -0.2) is 60.2 Å². The third-order valence-electron chi connectivity index (χ3n) is 4.94. The molecule has 13 heteroatoms. The third-order valence-corrected chi connectivity index (χ3v) is 7.99. The van der Waals surface area contributed by atoms with Gasteiger partial charge in [0.15, 0.2) is 0 Å². The number of halogens is 4. The zero-order valence-corrected chi connectivity index (χ0v) is 19.4. The molecule has 3 rings (SSSR count). The maximum atomic E-state index is 12.9. The molecule has 33 heavy (non-hydrogen) atoms. The first-order valence-electron chi connectivity index (χ1n) is 9.37. The number of sulfone groups is 1. The van der Waals surface area contributed by atoms with Crippen molar-refractivity contribution in [3.8, 4) is 0 Å². The Balaban J connectivity index is 1.81. The van der Waals surface area contributed by atoms with Gasteiger partial charge in [-0.2, -0.15) is 13.2 Å². The van der Waals surface area contributed by atoms with Crippen LogP contribution in [0.2, 0.25) is 5.02 Å². The number of benzene rings is 2. The third kappa shape index (κ3) is 5.13. The number of nitrogens with zero attached hydrogens (tertiary/aromatic N) is 1. The maximum Gasteiger partial charge on any atom is 0.426 e. The minimum atomic E-state index is -5.23. The number of anilines is 1. The lowest BCUT2D eigenvalue weighted by Crippen LogP contribution is -2.52. The summed E-state index contributed by atoms with van der Waals surface area (Å²) in [4.78, 5) is 25.5. The molecule has 0 bridgehead atoms.